The minimum atomic E-state index is 0.321. The van der Waals surface area contributed by atoms with Crippen molar-refractivity contribution in [1.82, 2.24) is 5.32 Å². The van der Waals surface area contributed by atoms with Gasteiger partial charge in [0.05, 0.1) is 6.04 Å². The van der Waals surface area contributed by atoms with Crippen molar-refractivity contribution in [3.63, 3.8) is 0 Å². The Kier molecular flexibility index (Phi) is 4.20. The fraction of sp³-hybridized carbons (Fsp3) is 0.375. The van der Waals surface area contributed by atoms with Gasteiger partial charge in [-0.3, -0.25) is 0 Å². The first-order chi connectivity index (χ1) is 8.63. The lowest BCUT2D eigenvalue weighted by Crippen LogP contribution is -2.23. The van der Waals surface area contributed by atoms with Crippen molar-refractivity contribution in [2.24, 2.45) is 0 Å². The summed E-state index contributed by atoms with van der Waals surface area (Å²) in [4.78, 5) is 1.40. The van der Waals surface area contributed by atoms with Gasteiger partial charge in [0, 0.05) is 4.88 Å². The van der Waals surface area contributed by atoms with Crippen LogP contribution in [0.4, 0.5) is 0 Å². The van der Waals surface area contributed by atoms with Crippen LogP contribution in [0, 0.1) is 20.8 Å². The summed E-state index contributed by atoms with van der Waals surface area (Å²) in [6.45, 7) is 9.70. The quantitative estimate of drug-likeness (QED) is 0.859. The molecule has 1 aromatic carbocycles. The monoisotopic (exact) mass is 259 g/mol. The van der Waals surface area contributed by atoms with Crippen molar-refractivity contribution in [1.29, 1.82) is 0 Å². The molecule has 2 rings (SSSR count). The fourth-order valence-electron chi connectivity index (χ4n) is 2.44. The molecule has 1 heterocycles. The van der Waals surface area contributed by atoms with Crippen molar-refractivity contribution >= 4 is 11.3 Å². The summed E-state index contributed by atoms with van der Waals surface area (Å²) < 4.78 is 0. The summed E-state index contributed by atoms with van der Waals surface area (Å²) in [5.74, 6) is 0. The number of nitrogens with one attached hydrogen (secondary N) is 1. The molecule has 0 saturated carbocycles. The molecule has 0 spiro atoms. The van der Waals surface area contributed by atoms with Gasteiger partial charge in [0.15, 0.2) is 0 Å². The van der Waals surface area contributed by atoms with Crippen LogP contribution in [0.5, 0.6) is 0 Å². The third-order valence-corrected chi connectivity index (χ3v) is 4.22. The molecule has 1 N–H and O–H groups in total. The number of thiophene rings is 1. The van der Waals surface area contributed by atoms with Crippen molar-refractivity contribution in [2.45, 2.75) is 33.7 Å². The summed E-state index contributed by atoms with van der Waals surface area (Å²) in [6, 6.07) is 9.29. The lowest BCUT2D eigenvalue weighted by atomic mass is 9.94. The first kappa shape index (κ1) is 13.3. The highest BCUT2D eigenvalue weighted by molar-refractivity contribution is 7.10. The predicted octanol–water partition coefficient (Wildman–Crippen LogP) is 4.37. The van der Waals surface area contributed by atoms with E-state index in [1.807, 2.05) is 11.3 Å². The first-order valence-corrected chi connectivity index (χ1v) is 7.36. The van der Waals surface area contributed by atoms with Gasteiger partial charge >= 0.3 is 0 Å². The van der Waals surface area contributed by atoms with E-state index in [4.69, 9.17) is 0 Å². The van der Waals surface area contributed by atoms with Crippen LogP contribution in [0.25, 0.3) is 0 Å². The van der Waals surface area contributed by atoms with E-state index >= 15 is 0 Å². The van der Waals surface area contributed by atoms with Gasteiger partial charge in [-0.15, -0.1) is 11.3 Å². The minimum absolute atomic E-state index is 0.321. The number of benzene rings is 1. The number of hydrogen-bond donors (Lipinski definition) is 1. The highest BCUT2D eigenvalue weighted by Gasteiger charge is 2.17. The molecule has 2 heteroatoms. The van der Waals surface area contributed by atoms with Crippen LogP contribution in [0.1, 0.15) is 40.1 Å². The predicted molar refractivity (Wildman–Crippen MR) is 80.5 cm³/mol. The van der Waals surface area contributed by atoms with Gasteiger partial charge in [-0.05, 0) is 55.5 Å². The lowest BCUT2D eigenvalue weighted by molar-refractivity contribution is 0.627. The maximum Gasteiger partial charge on any atom is 0.0590 e. The maximum atomic E-state index is 3.61. The largest absolute Gasteiger partial charge is 0.306 e. The molecule has 18 heavy (non-hydrogen) atoms. The van der Waals surface area contributed by atoms with Crippen LogP contribution >= 0.6 is 11.3 Å². The standard InChI is InChI=1S/C16H21NS/c1-5-17-16(15-8-9-18-13(15)4)14-7-6-11(2)10-12(14)3/h6-10,16-17H,5H2,1-4H3. The molecule has 0 saturated heterocycles. The molecule has 0 radical (unpaired) electrons. The third kappa shape index (κ3) is 2.65. The van der Waals surface area contributed by atoms with Crippen molar-refractivity contribution < 1.29 is 0 Å². The molecule has 1 unspecified atom stereocenters. The summed E-state index contributed by atoms with van der Waals surface area (Å²) in [6.07, 6.45) is 0. The van der Waals surface area contributed by atoms with E-state index < -0.39 is 0 Å². The van der Waals surface area contributed by atoms with Gasteiger partial charge in [0.25, 0.3) is 0 Å². The van der Waals surface area contributed by atoms with Crippen LogP contribution in [0.3, 0.4) is 0 Å². The van der Waals surface area contributed by atoms with E-state index in [0.717, 1.165) is 6.54 Å². The Morgan fingerprint density at radius 1 is 1.11 bits per heavy atom. The zero-order chi connectivity index (χ0) is 13.1. The molecular weight excluding hydrogens is 238 g/mol. The SMILES string of the molecule is CCNC(c1ccc(C)cc1C)c1ccsc1C. The van der Waals surface area contributed by atoms with Crippen molar-refractivity contribution in [3.8, 4) is 0 Å². The molecule has 0 fully saturated rings. The first-order valence-electron chi connectivity index (χ1n) is 6.48. The van der Waals surface area contributed by atoms with E-state index in [2.05, 4.69) is 62.7 Å². The van der Waals surface area contributed by atoms with E-state index in [0.29, 0.717) is 6.04 Å². The van der Waals surface area contributed by atoms with Crippen LogP contribution in [-0.2, 0) is 0 Å². The van der Waals surface area contributed by atoms with Gasteiger partial charge in [-0.1, -0.05) is 30.7 Å². The summed E-state index contributed by atoms with van der Waals surface area (Å²) in [7, 11) is 0. The molecular formula is C16H21NS. The highest BCUT2D eigenvalue weighted by atomic mass is 32.1. The molecule has 0 aliphatic rings. The molecule has 1 aromatic heterocycles. The molecule has 0 bridgehead atoms. The molecule has 0 aliphatic heterocycles. The Labute approximate surface area is 114 Å². The van der Waals surface area contributed by atoms with Crippen molar-refractivity contribution in [2.75, 3.05) is 6.54 Å². The van der Waals surface area contributed by atoms with Crippen LogP contribution in [0.2, 0.25) is 0 Å². The van der Waals surface area contributed by atoms with Crippen LogP contribution in [0.15, 0.2) is 29.6 Å². The maximum absolute atomic E-state index is 3.61. The van der Waals surface area contributed by atoms with E-state index in [9.17, 15) is 0 Å². The van der Waals surface area contributed by atoms with Crippen molar-refractivity contribution in [3.05, 3.63) is 56.8 Å². The van der Waals surface area contributed by atoms with Crippen LogP contribution in [-0.4, -0.2) is 6.54 Å². The normalized spacial score (nSPS) is 12.7. The van der Waals surface area contributed by atoms with Gasteiger partial charge in [-0.25, -0.2) is 0 Å². The zero-order valence-electron chi connectivity index (χ0n) is 11.6. The van der Waals surface area contributed by atoms with E-state index in [1.54, 1.807) is 0 Å². The highest BCUT2D eigenvalue weighted by Crippen LogP contribution is 2.30. The van der Waals surface area contributed by atoms with Gasteiger partial charge in [0.1, 0.15) is 0 Å². The third-order valence-electron chi connectivity index (χ3n) is 3.35. The zero-order valence-corrected chi connectivity index (χ0v) is 12.4. The summed E-state index contributed by atoms with van der Waals surface area (Å²) >= 11 is 1.82. The average molecular weight is 259 g/mol. The average Bonchev–Trinajstić information content (AvgIpc) is 2.73. The molecule has 1 nitrogen and oxygen atoms in total. The minimum Gasteiger partial charge on any atom is -0.306 e. The molecule has 96 valence electrons. The number of rotatable bonds is 4. The van der Waals surface area contributed by atoms with Crippen LogP contribution < -0.4 is 5.32 Å². The Bertz CT molecular complexity index is 528. The second kappa shape index (κ2) is 5.68. The molecule has 2 aromatic rings. The number of aryl methyl sites for hydroxylation is 3. The second-order valence-electron chi connectivity index (χ2n) is 4.78. The smallest absolute Gasteiger partial charge is 0.0590 e. The lowest BCUT2D eigenvalue weighted by Gasteiger charge is -2.21. The fourth-order valence-corrected chi connectivity index (χ4v) is 3.18. The topological polar surface area (TPSA) is 12.0 Å². The Balaban J connectivity index is 2.45. The summed E-state index contributed by atoms with van der Waals surface area (Å²) in [5, 5.41) is 5.79. The summed E-state index contributed by atoms with van der Waals surface area (Å²) in [5.41, 5.74) is 5.50. The Morgan fingerprint density at radius 2 is 1.89 bits per heavy atom. The second-order valence-corrected chi connectivity index (χ2v) is 5.90. The van der Waals surface area contributed by atoms with Gasteiger partial charge < -0.3 is 5.32 Å². The van der Waals surface area contributed by atoms with Gasteiger partial charge in [-0.2, -0.15) is 0 Å². The molecule has 1 atom stereocenters. The van der Waals surface area contributed by atoms with E-state index in [-0.39, 0.29) is 0 Å². The Morgan fingerprint density at radius 3 is 2.44 bits per heavy atom. The molecule has 0 amide bonds. The number of hydrogen-bond acceptors (Lipinski definition) is 2. The van der Waals surface area contributed by atoms with E-state index in [1.165, 1.54) is 27.1 Å². The van der Waals surface area contributed by atoms with Gasteiger partial charge in [0.2, 0.25) is 0 Å². The molecule has 0 aliphatic carbocycles. The Hall–Kier alpha value is -1.12.